The van der Waals surface area contributed by atoms with Gasteiger partial charge in [0.15, 0.2) is 0 Å². The van der Waals surface area contributed by atoms with Crippen molar-refractivity contribution in [2.24, 2.45) is 0 Å². The maximum absolute atomic E-state index is 5.65. The number of fused-ring (bicyclic) bond motifs is 1. The van der Waals surface area contributed by atoms with Crippen LogP contribution in [0.3, 0.4) is 0 Å². The number of pyridine rings is 1. The molecule has 21 heavy (non-hydrogen) atoms. The molecule has 0 fully saturated rings. The SMILES string of the molecule is CNc1ccc2[nH]nc(-c3ccnc(OC(C)C)c3)c2c1. The molecule has 0 aliphatic heterocycles. The van der Waals surface area contributed by atoms with E-state index in [-0.39, 0.29) is 6.10 Å². The zero-order valence-electron chi connectivity index (χ0n) is 12.3. The number of nitrogens with zero attached hydrogens (tertiary/aromatic N) is 2. The van der Waals surface area contributed by atoms with Crippen LogP contribution in [0.25, 0.3) is 22.2 Å². The van der Waals surface area contributed by atoms with Crippen LogP contribution in [0.15, 0.2) is 36.5 Å². The average molecular weight is 282 g/mol. The van der Waals surface area contributed by atoms with Gasteiger partial charge in [0.1, 0.15) is 5.69 Å². The topological polar surface area (TPSA) is 62.8 Å². The van der Waals surface area contributed by atoms with Crippen LogP contribution in [0.4, 0.5) is 5.69 Å². The molecule has 3 aromatic rings. The average Bonchev–Trinajstić information content (AvgIpc) is 2.89. The van der Waals surface area contributed by atoms with Crippen LogP contribution in [0.2, 0.25) is 0 Å². The molecule has 5 nitrogen and oxygen atoms in total. The molecule has 0 saturated heterocycles. The smallest absolute Gasteiger partial charge is 0.214 e. The lowest BCUT2D eigenvalue weighted by atomic mass is 10.1. The van der Waals surface area contributed by atoms with Gasteiger partial charge in [-0.15, -0.1) is 0 Å². The van der Waals surface area contributed by atoms with Gasteiger partial charge >= 0.3 is 0 Å². The second-order valence-corrected chi connectivity index (χ2v) is 5.13. The molecule has 0 saturated carbocycles. The summed E-state index contributed by atoms with van der Waals surface area (Å²) >= 11 is 0. The Labute approximate surface area is 123 Å². The van der Waals surface area contributed by atoms with Crippen LogP contribution < -0.4 is 10.1 Å². The highest BCUT2D eigenvalue weighted by molar-refractivity contribution is 5.94. The number of anilines is 1. The number of nitrogens with one attached hydrogen (secondary N) is 2. The number of H-pyrrole nitrogens is 1. The molecule has 108 valence electrons. The first-order valence-corrected chi connectivity index (χ1v) is 6.96. The van der Waals surface area contributed by atoms with Crippen LogP contribution in [-0.4, -0.2) is 28.3 Å². The highest BCUT2D eigenvalue weighted by Crippen LogP contribution is 2.29. The van der Waals surface area contributed by atoms with Crippen molar-refractivity contribution in [2.75, 3.05) is 12.4 Å². The molecule has 2 N–H and O–H groups in total. The molecule has 0 aliphatic carbocycles. The maximum Gasteiger partial charge on any atom is 0.214 e. The molecule has 0 atom stereocenters. The van der Waals surface area contributed by atoms with Crippen LogP contribution in [-0.2, 0) is 0 Å². The molecule has 0 radical (unpaired) electrons. The van der Waals surface area contributed by atoms with Crippen molar-refractivity contribution in [1.82, 2.24) is 15.2 Å². The second kappa shape index (κ2) is 5.44. The monoisotopic (exact) mass is 282 g/mol. The number of ether oxygens (including phenoxy) is 1. The zero-order valence-corrected chi connectivity index (χ0v) is 12.3. The molecule has 0 aliphatic rings. The lowest BCUT2D eigenvalue weighted by Gasteiger charge is -2.09. The largest absolute Gasteiger partial charge is 0.475 e. The Bertz CT molecular complexity index is 764. The lowest BCUT2D eigenvalue weighted by molar-refractivity contribution is 0.233. The quantitative estimate of drug-likeness (QED) is 0.769. The Morgan fingerprint density at radius 2 is 2.05 bits per heavy atom. The summed E-state index contributed by atoms with van der Waals surface area (Å²) in [6.07, 6.45) is 1.84. The minimum absolute atomic E-state index is 0.0968. The second-order valence-electron chi connectivity index (χ2n) is 5.13. The number of benzene rings is 1. The van der Waals surface area contributed by atoms with Gasteiger partial charge in [-0.3, -0.25) is 5.10 Å². The van der Waals surface area contributed by atoms with E-state index in [9.17, 15) is 0 Å². The van der Waals surface area contributed by atoms with Crippen LogP contribution >= 0.6 is 0 Å². The number of hydrogen-bond acceptors (Lipinski definition) is 4. The minimum Gasteiger partial charge on any atom is -0.475 e. The molecule has 3 rings (SSSR count). The third kappa shape index (κ3) is 2.67. The van der Waals surface area contributed by atoms with E-state index in [1.165, 1.54) is 0 Å². The van der Waals surface area contributed by atoms with Gasteiger partial charge < -0.3 is 10.1 Å². The summed E-state index contributed by atoms with van der Waals surface area (Å²) in [6.45, 7) is 3.97. The van der Waals surface area contributed by atoms with E-state index in [2.05, 4.69) is 26.6 Å². The molecule has 0 amide bonds. The molecule has 5 heteroatoms. The van der Waals surface area contributed by atoms with Crippen molar-refractivity contribution in [3.63, 3.8) is 0 Å². The molecule has 0 bridgehead atoms. The van der Waals surface area contributed by atoms with E-state index in [1.807, 2.05) is 45.2 Å². The first kappa shape index (κ1) is 13.4. The van der Waals surface area contributed by atoms with E-state index in [1.54, 1.807) is 6.20 Å². The highest BCUT2D eigenvalue weighted by Gasteiger charge is 2.10. The maximum atomic E-state index is 5.65. The Kier molecular flexibility index (Phi) is 3.48. The van der Waals surface area contributed by atoms with Crippen LogP contribution in [0.1, 0.15) is 13.8 Å². The number of hydrogen-bond donors (Lipinski definition) is 2. The zero-order chi connectivity index (χ0) is 14.8. The van der Waals surface area contributed by atoms with Gasteiger partial charge in [0.25, 0.3) is 0 Å². The molecule has 1 aromatic carbocycles. The predicted octanol–water partition coefficient (Wildman–Crippen LogP) is 3.45. The number of aromatic amines is 1. The summed E-state index contributed by atoms with van der Waals surface area (Å²) in [7, 11) is 1.90. The van der Waals surface area contributed by atoms with Crippen LogP contribution in [0, 0.1) is 0 Å². The fraction of sp³-hybridized carbons (Fsp3) is 0.250. The minimum atomic E-state index is 0.0968. The van der Waals surface area contributed by atoms with Crippen LogP contribution in [0.5, 0.6) is 5.88 Å². The summed E-state index contributed by atoms with van der Waals surface area (Å²) < 4.78 is 5.65. The summed E-state index contributed by atoms with van der Waals surface area (Å²) in [6, 6.07) is 9.97. The number of rotatable bonds is 4. The van der Waals surface area contributed by atoms with Crippen molar-refractivity contribution in [2.45, 2.75) is 20.0 Å². The Morgan fingerprint density at radius 1 is 1.19 bits per heavy atom. The third-order valence-corrected chi connectivity index (χ3v) is 3.22. The van der Waals surface area contributed by atoms with E-state index in [0.29, 0.717) is 5.88 Å². The standard InChI is InChI=1S/C16H18N4O/c1-10(2)21-15-8-11(6-7-18-15)16-13-9-12(17-3)4-5-14(13)19-20-16/h4-10,17H,1-3H3,(H,19,20). The Morgan fingerprint density at radius 3 is 2.81 bits per heavy atom. The normalized spacial score (nSPS) is 11.0. The van der Waals surface area contributed by atoms with Gasteiger partial charge in [0, 0.05) is 35.9 Å². The fourth-order valence-corrected chi connectivity index (χ4v) is 2.25. The van der Waals surface area contributed by atoms with Crippen molar-refractivity contribution in [3.05, 3.63) is 36.5 Å². The van der Waals surface area contributed by atoms with Crippen molar-refractivity contribution >= 4 is 16.6 Å². The molecular formula is C16H18N4O. The van der Waals surface area contributed by atoms with E-state index >= 15 is 0 Å². The first-order valence-electron chi connectivity index (χ1n) is 6.96. The molecular weight excluding hydrogens is 264 g/mol. The van der Waals surface area contributed by atoms with Gasteiger partial charge in [-0.25, -0.2) is 4.98 Å². The number of aromatic nitrogens is 3. The first-order chi connectivity index (χ1) is 10.2. The highest BCUT2D eigenvalue weighted by atomic mass is 16.5. The fourth-order valence-electron chi connectivity index (χ4n) is 2.25. The van der Waals surface area contributed by atoms with Crippen molar-refractivity contribution < 1.29 is 4.74 Å². The molecule has 0 spiro atoms. The van der Waals surface area contributed by atoms with Gasteiger partial charge in [-0.1, -0.05) is 0 Å². The molecule has 2 heterocycles. The molecule has 0 unspecified atom stereocenters. The third-order valence-electron chi connectivity index (χ3n) is 3.22. The van der Waals surface area contributed by atoms with Gasteiger partial charge in [-0.05, 0) is 38.1 Å². The summed E-state index contributed by atoms with van der Waals surface area (Å²) in [4.78, 5) is 4.23. The Hall–Kier alpha value is -2.56. The predicted molar refractivity (Wildman–Crippen MR) is 84.6 cm³/mol. The van der Waals surface area contributed by atoms with E-state index < -0.39 is 0 Å². The van der Waals surface area contributed by atoms with Gasteiger partial charge in [0.05, 0.1) is 11.6 Å². The Balaban J connectivity index is 2.07. The summed E-state index contributed by atoms with van der Waals surface area (Å²) in [5.41, 5.74) is 3.95. The van der Waals surface area contributed by atoms with Gasteiger partial charge in [-0.2, -0.15) is 5.10 Å². The summed E-state index contributed by atoms with van der Waals surface area (Å²) in [5, 5.41) is 11.7. The summed E-state index contributed by atoms with van der Waals surface area (Å²) in [5.74, 6) is 0.614. The molecule has 2 aromatic heterocycles. The van der Waals surface area contributed by atoms with Crippen molar-refractivity contribution in [3.8, 4) is 17.1 Å². The van der Waals surface area contributed by atoms with Crippen molar-refractivity contribution in [1.29, 1.82) is 0 Å². The lowest BCUT2D eigenvalue weighted by Crippen LogP contribution is -2.06. The van der Waals surface area contributed by atoms with Gasteiger partial charge in [0.2, 0.25) is 5.88 Å². The van der Waals surface area contributed by atoms with E-state index in [4.69, 9.17) is 4.74 Å². The van der Waals surface area contributed by atoms with E-state index in [0.717, 1.165) is 27.8 Å².